The van der Waals surface area contributed by atoms with E-state index < -0.39 is 41.6 Å². The van der Waals surface area contributed by atoms with Gasteiger partial charge in [0.25, 0.3) is 5.91 Å². The first-order valence-electron chi connectivity index (χ1n) is 21.8. The van der Waals surface area contributed by atoms with Crippen LogP contribution in [0.1, 0.15) is 74.4 Å². The van der Waals surface area contributed by atoms with Crippen LogP contribution >= 0.6 is 11.6 Å². The number of nitrogens with zero attached hydrogens (tertiary/aromatic N) is 4. The summed E-state index contributed by atoms with van der Waals surface area (Å²) in [6.07, 6.45) is -2.26. The number of benzene rings is 3. The highest BCUT2D eigenvalue weighted by atomic mass is 35.5. The molecule has 5 aromatic rings. The molecular formula is C48H53ClF3N9O6. The molecule has 4 amide bonds. The largest absolute Gasteiger partial charge is 0.573 e. The number of H-pyrrole nitrogens is 1. The van der Waals surface area contributed by atoms with Crippen molar-refractivity contribution < 1.29 is 41.8 Å². The Morgan fingerprint density at radius 2 is 1.60 bits per heavy atom. The third kappa shape index (κ3) is 11.7. The van der Waals surface area contributed by atoms with Gasteiger partial charge in [-0.3, -0.25) is 19.3 Å². The van der Waals surface area contributed by atoms with Crippen molar-refractivity contribution in [1.82, 2.24) is 35.4 Å². The number of likely N-dealkylation sites (tertiary alicyclic amines) is 1. The summed E-state index contributed by atoms with van der Waals surface area (Å²) in [4.78, 5) is 68.3. The summed E-state index contributed by atoms with van der Waals surface area (Å²) in [5.74, 6) is -0.880. The molecule has 1 fully saturated rings. The average molecular weight is 944 g/mol. The molecule has 0 saturated carbocycles. The second-order valence-electron chi connectivity index (χ2n) is 17.9. The number of nitrogens with one attached hydrogen (secondary N) is 5. The van der Waals surface area contributed by atoms with E-state index in [1.54, 1.807) is 41.4 Å². The molecule has 2 aromatic heterocycles. The van der Waals surface area contributed by atoms with Crippen LogP contribution in [0.2, 0.25) is 5.02 Å². The molecule has 15 nitrogen and oxygen atoms in total. The van der Waals surface area contributed by atoms with E-state index >= 15 is 0 Å². The number of anilines is 2. The minimum Gasteiger partial charge on any atom is -0.453 e. The molecule has 1 saturated heterocycles. The third-order valence-electron chi connectivity index (χ3n) is 11.7. The normalized spacial score (nSPS) is 16.6. The fourth-order valence-electron chi connectivity index (χ4n) is 8.10. The number of fused-ring (bicyclic) bond motifs is 1. The van der Waals surface area contributed by atoms with Crippen LogP contribution in [-0.2, 0) is 27.4 Å². The Morgan fingerprint density at radius 1 is 0.910 bits per heavy atom. The first-order chi connectivity index (χ1) is 31.8. The fourth-order valence-corrected chi connectivity index (χ4v) is 8.31. The molecule has 0 bridgehead atoms. The molecule has 354 valence electrons. The van der Waals surface area contributed by atoms with E-state index in [0.717, 1.165) is 19.2 Å². The minimum atomic E-state index is -5.07. The number of amides is 4. The quantitative estimate of drug-likeness (QED) is 0.0677. The molecular weight excluding hydrogens is 891 g/mol. The SMILES string of the molecule is COC(=O)N[C@H](C(=O)N1C[C@H](N2Cc3ccccc3C2)C[C@H]1c1ncc(-c2ccc(-c3cc(Cl)c(NC(=O)c4ccc(NCCNC(=O)C(C)(C)C)nc4)cc3OC(F)(F)F)cc2)[nH]1)C(C)C. The Bertz CT molecular complexity index is 2570. The highest BCUT2D eigenvalue weighted by Crippen LogP contribution is 2.42. The summed E-state index contributed by atoms with van der Waals surface area (Å²) >= 11 is 6.59. The topological polar surface area (TPSA) is 183 Å². The van der Waals surface area contributed by atoms with Gasteiger partial charge in [-0.1, -0.05) is 94.8 Å². The summed E-state index contributed by atoms with van der Waals surface area (Å²) in [6.45, 7) is 11.8. The molecule has 0 unspecified atom stereocenters. The molecule has 67 heavy (non-hydrogen) atoms. The second-order valence-corrected chi connectivity index (χ2v) is 18.3. The summed E-state index contributed by atoms with van der Waals surface area (Å²) in [7, 11) is 1.25. The first-order valence-corrected chi connectivity index (χ1v) is 22.2. The molecule has 2 aliphatic heterocycles. The maximum absolute atomic E-state index is 14.3. The molecule has 4 heterocycles. The molecule has 0 spiro atoms. The van der Waals surface area contributed by atoms with Crippen LogP contribution in [-0.4, -0.2) is 93.8 Å². The van der Waals surface area contributed by atoms with Crippen LogP contribution in [0, 0.1) is 11.3 Å². The van der Waals surface area contributed by atoms with Gasteiger partial charge < -0.3 is 40.6 Å². The predicted molar refractivity (Wildman–Crippen MR) is 247 cm³/mol. The Kier molecular flexibility index (Phi) is 14.5. The zero-order valence-electron chi connectivity index (χ0n) is 37.9. The van der Waals surface area contributed by atoms with Gasteiger partial charge in [-0.25, -0.2) is 14.8 Å². The molecule has 0 radical (unpaired) electrons. The van der Waals surface area contributed by atoms with Crippen molar-refractivity contribution in [2.24, 2.45) is 11.3 Å². The maximum atomic E-state index is 14.3. The van der Waals surface area contributed by atoms with Crippen molar-refractivity contribution >= 4 is 46.9 Å². The number of rotatable bonds is 14. The molecule has 3 aromatic carbocycles. The minimum absolute atomic E-state index is 0.00204. The molecule has 19 heteroatoms. The number of ether oxygens (including phenoxy) is 2. The number of alkyl halides is 3. The van der Waals surface area contributed by atoms with Crippen LogP contribution in [0.5, 0.6) is 5.75 Å². The monoisotopic (exact) mass is 943 g/mol. The molecule has 7 rings (SSSR count). The van der Waals surface area contributed by atoms with Gasteiger partial charge in [0, 0.05) is 62.0 Å². The molecule has 0 aliphatic carbocycles. The van der Waals surface area contributed by atoms with Gasteiger partial charge in [-0.2, -0.15) is 0 Å². The molecule has 3 atom stereocenters. The van der Waals surface area contributed by atoms with Gasteiger partial charge >= 0.3 is 12.5 Å². The van der Waals surface area contributed by atoms with Crippen LogP contribution in [0.3, 0.4) is 0 Å². The van der Waals surface area contributed by atoms with Gasteiger partial charge in [0.2, 0.25) is 11.8 Å². The van der Waals surface area contributed by atoms with Gasteiger partial charge in [-0.05, 0) is 52.8 Å². The zero-order chi connectivity index (χ0) is 48.2. The third-order valence-corrected chi connectivity index (χ3v) is 12.0. The number of aromatic nitrogens is 3. The zero-order valence-corrected chi connectivity index (χ0v) is 38.6. The number of imidazole rings is 1. The van der Waals surface area contributed by atoms with Crippen molar-refractivity contribution in [1.29, 1.82) is 0 Å². The lowest BCUT2D eigenvalue weighted by molar-refractivity contribution is -0.274. The number of methoxy groups -OCH3 is 1. The van der Waals surface area contributed by atoms with E-state index in [9.17, 15) is 32.3 Å². The highest BCUT2D eigenvalue weighted by molar-refractivity contribution is 6.34. The van der Waals surface area contributed by atoms with Crippen LogP contribution in [0.25, 0.3) is 22.4 Å². The van der Waals surface area contributed by atoms with E-state index in [-0.39, 0.29) is 45.6 Å². The van der Waals surface area contributed by atoms with E-state index in [1.807, 2.05) is 46.8 Å². The van der Waals surface area contributed by atoms with Crippen LogP contribution in [0.15, 0.2) is 85.2 Å². The average Bonchev–Trinajstić information content (AvgIpc) is 4.06. The van der Waals surface area contributed by atoms with E-state index in [1.165, 1.54) is 36.6 Å². The number of hydrogen-bond donors (Lipinski definition) is 5. The standard InChI is InChI=1S/C48H53ClF3N9O6/c1-27(2)41(59-46(65)66-6)44(63)61-26-33(60-24-31-9-7-8-10-32(31)25-60)19-38(61)42-56-23-37(57-42)29-13-11-28(12-14-29)34-20-35(49)36(21-39(34)67-48(50,51)52)58-43(62)30-15-16-40(55-22-30)53-17-18-54-45(64)47(3,4)5/h7-16,20-23,27,33,38,41H,17-19,24-26H2,1-6H3,(H,53,55)(H,54,64)(H,56,57)(H,58,62)(H,59,65)/t33-,38+,41+/m1/s1. The number of halogens is 4. The van der Waals surface area contributed by atoms with E-state index in [2.05, 4.69) is 53.0 Å². The lowest BCUT2D eigenvalue weighted by Crippen LogP contribution is -2.51. The number of carbonyl (C=O) groups is 4. The van der Waals surface area contributed by atoms with Crippen molar-refractivity contribution in [3.8, 4) is 28.1 Å². The van der Waals surface area contributed by atoms with E-state index in [0.29, 0.717) is 54.5 Å². The van der Waals surface area contributed by atoms with Crippen LogP contribution < -0.4 is 26.0 Å². The van der Waals surface area contributed by atoms with Gasteiger partial charge in [0.15, 0.2) is 0 Å². The highest BCUT2D eigenvalue weighted by Gasteiger charge is 2.44. The number of aromatic amines is 1. The Labute approximate surface area is 391 Å². The molecule has 2 aliphatic rings. The second kappa shape index (κ2) is 20.1. The Morgan fingerprint density at radius 3 is 2.21 bits per heavy atom. The van der Waals surface area contributed by atoms with Crippen molar-refractivity contribution in [3.63, 3.8) is 0 Å². The number of alkyl carbamates (subject to hydrolysis) is 1. The summed E-state index contributed by atoms with van der Waals surface area (Å²) in [5, 5.41) is 11.1. The lowest BCUT2D eigenvalue weighted by atomic mass is 9.96. The number of pyridine rings is 1. The number of hydrogen-bond acceptors (Lipinski definition) is 10. The molecule has 5 N–H and O–H groups in total. The van der Waals surface area contributed by atoms with Gasteiger partial charge in [0.05, 0.1) is 41.3 Å². The summed E-state index contributed by atoms with van der Waals surface area (Å²) < 4.78 is 50.8. The first kappa shape index (κ1) is 48.3. The van der Waals surface area contributed by atoms with Crippen LogP contribution in [0.4, 0.5) is 29.5 Å². The fraction of sp³-hybridized carbons (Fsp3) is 0.375. The summed E-state index contributed by atoms with van der Waals surface area (Å²) in [6, 6.07) is 18.9. The predicted octanol–water partition coefficient (Wildman–Crippen LogP) is 8.56. The lowest BCUT2D eigenvalue weighted by Gasteiger charge is -2.30. The van der Waals surface area contributed by atoms with Gasteiger partial charge in [0.1, 0.15) is 23.4 Å². The number of carbonyl (C=O) groups excluding carboxylic acids is 4. The maximum Gasteiger partial charge on any atom is 0.573 e. The van der Waals surface area contributed by atoms with E-state index in [4.69, 9.17) is 21.3 Å². The van der Waals surface area contributed by atoms with Crippen molar-refractivity contribution in [3.05, 3.63) is 113 Å². The Balaban J connectivity index is 1.07. The van der Waals surface area contributed by atoms with Crippen molar-refractivity contribution in [2.45, 2.75) is 78.6 Å². The summed E-state index contributed by atoms with van der Waals surface area (Å²) in [5.41, 5.74) is 3.56. The van der Waals surface area contributed by atoms with Gasteiger partial charge in [-0.15, -0.1) is 13.2 Å². The Hall–Kier alpha value is -6.66. The smallest absolute Gasteiger partial charge is 0.453 e. The van der Waals surface area contributed by atoms with Crippen molar-refractivity contribution in [2.75, 3.05) is 37.4 Å².